The molecule has 0 amide bonds. The van der Waals surface area contributed by atoms with Crippen LogP contribution in [0, 0.1) is 0 Å². The molecule has 0 bridgehead atoms. The van der Waals surface area contributed by atoms with Crippen molar-refractivity contribution >= 4 is 28.7 Å². The lowest BCUT2D eigenvalue weighted by molar-refractivity contribution is 0.0960. The molecule has 0 saturated carbocycles. The Labute approximate surface area is 147 Å². The van der Waals surface area contributed by atoms with Gasteiger partial charge in [0.25, 0.3) is 0 Å². The van der Waals surface area contributed by atoms with E-state index in [4.69, 9.17) is 15.8 Å². The van der Waals surface area contributed by atoms with E-state index in [1.807, 2.05) is 42.5 Å². The Balaban J connectivity index is 2.16. The van der Waals surface area contributed by atoms with Gasteiger partial charge in [-0.25, -0.2) is 14.7 Å². The molecule has 1 heterocycles. The summed E-state index contributed by atoms with van der Waals surface area (Å²) < 4.78 is 26.5. The van der Waals surface area contributed by atoms with Crippen LogP contribution in [-0.4, -0.2) is 33.2 Å². The molecule has 1 aliphatic rings. The maximum atomic E-state index is 11.5. The number of nitrogens with zero attached hydrogens (tertiary/aromatic N) is 2. The molecule has 2 atom stereocenters. The quantitative estimate of drug-likeness (QED) is 0.796. The molecule has 2 aromatic rings. The maximum Gasteiger partial charge on any atom is 0.303 e. The van der Waals surface area contributed by atoms with Crippen molar-refractivity contribution in [2.75, 3.05) is 13.6 Å². The number of halogens is 1. The van der Waals surface area contributed by atoms with Crippen LogP contribution in [0.3, 0.4) is 0 Å². The summed E-state index contributed by atoms with van der Waals surface area (Å²) in [6, 6.07) is 16.4. The number of hydrazone groups is 1. The van der Waals surface area contributed by atoms with Crippen LogP contribution >= 0.6 is 11.6 Å². The minimum absolute atomic E-state index is 0.248. The highest BCUT2D eigenvalue weighted by molar-refractivity contribution is 7.74. The molecule has 24 heavy (non-hydrogen) atoms. The van der Waals surface area contributed by atoms with Crippen LogP contribution in [0.2, 0.25) is 5.02 Å². The van der Waals surface area contributed by atoms with Crippen molar-refractivity contribution in [3.63, 3.8) is 0 Å². The Hall–Kier alpha value is -1.77. The Kier molecular flexibility index (Phi) is 4.98. The average molecular weight is 366 g/mol. The molecule has 6 nitrogen and oxygen atoms in total. The second-order valence-corrected chi connectivity index (χ2v) is 6.27. The smallest absolute Gasteiger partial charge is 0.284 e. The van der Waals surface area contributed by atoms with Gasteiger partial charge in [-0.05, 0) is 17.7 Å². The lowest BCUT2D eigenvalue weighted by atomic mass is 9.86. The molecule has 2 unspecified atom stereocenters. The standard InChI is InChI=1S/C16H16ClN3O3S/c1-18-20-11-16(23-24(21)22,13-5-3-2-4-6-13)15(19-20)12-7-9-14(17)10-8-12/h2-10,18H,11H2,1H3,(H,21,22). The fourth-order valence-electron chi connectivity index (χ4n) is 2.72. The van der Waals surface area contributed by atoms with Gasteiger partial charge >= 0.3 is 11.4 Å². The molecule has 1 aliphatic heterocycles. The average Bonchev–Trinajstić information content (AvgIpc) is 2.95. The summed E-state index contributed by atoms with van der Waals surface area (Å²) in [7, 11) is 1.72. The first kappa shape index (κ1) is 17.1. The number of hydrogen-bond acceptors (Lipinski definition) is 5. The Bertz CT molecular complexity index is 770. The van der Waals surface area contributed by atoms with E-state index in [0.29, 0.717) is 10.7 Å². The second kappa shape index (κ2) is 7.00. The van der Waals surface area contributed by atoms with Gasteiger partial charge in [-0.3, -0.25) is 4.55 Å². The molecule has 3 rings (SSSR count). The van der Waals surface area contributed by atoms with E-state index in [0.717, 1.165) is 11.1 Å². The number of nitrogens with one attached hydrogen (secondary N) is 1. The summed E-state index contributed by atoms with van der Waals surface area (Å²) in [6.07, 6.45) is 0. The van der Waals surface area contributed by atoms with Gasteiger partial charge < -0.3 is 0 Å². The van der Waals surface area contributed by atoms with Crippen LogP contribution in [0.4, 0.5) is 0 Å². The third-order valence-electron chi connectivity index (χ3n) is 3.81. The summed E-state index contributed by atoms with van der Waals surface area (Å²) in [5.74, 6) is 0. The van der Waals surface area contributed by atoms with Crippen molar-refractivity contribution in [2.24, 2.45) is 5.10 Å². The van der Waals surface area contributed by atoms with Gasteiger partial charge in [0.05, 0.1) is 6.54 Å². The van der Waals surface area contributed by atoms with Gasteiger partial charge in [-0.1, -0.05) is 54.1 Å². The topological polar surface area (TPSA) is 74.2 Å². The molecular formula is C16H16ClN3O3S. The molecule has 2 N–H and O–H groups in total. The van der Waals surface area contributed by atoms with Crippen LogP contribution in [0.5, 0.6) is 0 Å². The normalized spacial score (nSPS) is 21.6. The van der Waals surface area contributed by atoms with E-state index >= 15 is 0 Å². The van der Waals surface area contributed by atoms with E-state index in [9.17, 15) is 8.76 Å². The second-order valence-electron chi connectivity index (χ2n) is 5.23. The van der Waals surface area contributed by atoms with Crippen molar-refractivity contribution in [2.45, 2.75) is 5.60 Å². The van der Waals surface area contributed by atoms with Gasteiger partial charge in [0.15, 0.2) is 5.60 Å². The molecule has 0 radical (unpaired) electrons. The maximum absolute atomic E-state index is 11.5. The fourth-order valence-corrected chi connectivity index (χ4v) is 3.32. The summed E-state index contributed by atoms with van der Waals surface area (Å²) in [5, 5.41) is 6.68. The highest BCUT2D eigenvalue weighted by Gasteiger charge is 2.48. The molecule has 0 saturated heterocycles. The van der Waals surface area contributed by atoms with Gasteiger partial charge in [0.1, 0.15) is 5.71 Å². The van der Waals surface area contributed by atoms with E-state index in [-0.39, 0.29) is 6.54 Å². The van der Waals surface area contributed by atoms with Crippen molar-refractivity contribution < 1.29 is 12.9 Å². The van der Waals surface area contributed by atoms with E-state index in [1.54, 1.807) is 24.3 Å². The Morgan fingerprint density at radius 1 is 1.25 bits per heavy atom. The van der Waals surface area contributed by atoms with E-state index < -0.39 is 17.0 Å². The molecular weight excluding hydrogens is 350 g/mol. The molecule has 0 aromatic heterocycles. The number of benzene rings is 2. The fraction of sp³-hybridized carbons (Fsp3) is 0.188. The third-order valence-corrected chi connectivity index (χ3v) is 4.48. The van der Waals surface area contributed by atoms with Crippen molar-refractivity contribution in [3.05, 3.63) is 70.7 Å². The monoisotopic (exact) mass is 365 g/mol. The van der Waals surface area contributed by atoms with Gasteiger partial charge in [-0.15, -0.1) is 0 Å². The molecule has 8 heteroatoms. The highest BCUT2D eigenvalue weighted by atomic mass is 35.5. The van der Waals surface area contributed by atoms with Crippen LogP contribution in [0.1, 0.15) is 11.1 Å². The summed E-state index contributed by atoms with van der Waals surface area (Å²) in [4.78, 5) is 0. The molecule has 0 fully saturated rings. The van der Waals surface area contributed by atoms with Gasteiger partial charge in [-0.2, -0.15) is 9.31 Å². The number of hydrogen-bond donors (Lipinski definition) is 2. The molecule has 126 valence electrons. The van der Waals surface area contributed by atoms with E-state index in [1.165, 1.54) is 0 Å². The predicted molar refractivity (Wildman–Crippen MR) is 93.7 cm³/mol. The number of hydrazine groups is 1. The first-order valence-electron chi connectivity index (χ1n) is 7.21. The van der Waals surface area contributed by atoms with Gasteiger partial charge in [0.2, 0.25) is 0 Å². The summed E-state index contributed by atoms with van der Waals surface area (Å²) in [5.41, 5.74) is 3.77. The Morgan fingerprint density at radius 2 is 1.92 bits per heavy atom. The lowest BCUT2D eigenvalue weighted by Gasteiger charge is -2.29. The van der Waals surface area contributed by atoms with Crippen LogP contribution < -0.4 is 5.43 Å². The minimum atomic E-state index is -2.47. The minimum Gasteiger partial charge on any atom is -0.284 e. The summed E-state index contributed by atoms with van der Waals surface area (Å²) >= 11 is 3.49. The lowest BCUT2D eigenvalue weighted by Crippen LogP contribution is -2.44. The van der Waals surface area contributed by atoms with Crippen LogP contribution in [-0.2, 0) is 21.1 Å². The predicted octanol–water partition coefficient (Wildman–Crippen LogP) is 2.54. The summed E-state index contributed by atoms with van der Waals surface area (Å²) in [6.45, 7) is 0.248. The highest BCUT2D eigenvalue weighted by Crippen LogP contribution is 2.36. The zero-order valence-electron chi connectivity index (χ0n) is 12.8. The zero-order valence-corrected chi connectivity index (χ0v) is 14.4. The van der Waals surface area contributed by atoms with Crippen molar-refractivity contribution in [3.8, 4) is 0 Å². The number of rotatable bonds is 5. The molecule has 0 spiro atoms. The van der Waals surface area contributed by atoms with Crippen LogP contribution in [0.15, 0.2) is 59.7 Å². The SMILES string of the molecule is CNN1CC(OS(=O)O)(c2ccccc2)C(c2ccc(Cl)cc2)=N1. The van der Waals surface area contributed by atoms with Crippen molar-refractivity contribution in [1.29, 1.82) is 0 Å². The first-order valence-corrected chi connectivity index (χ1v) is 8.62. The zero-order chi connectivity index (χ0) is 17.2. The van der Waals surface area contributed by atoms with Crippen LogP contribution in [0.25, 0.3) is 0 Å². The third kappa shape index (κ3) is 3.22. The first-order chi connectivity index (χ1) is 11.5. The van der Waals surface area contributed by atoms with Gasteiger partial charge in [0, 0.05) is 17.6 Å². The van der Waals surface area contributed by atoms with E-state index in [2.05, 4.69) is 10.5 Å². The molecule has 0 aliphatic carbocycles. The Morgan fingerprint density at radius 3 is 2.50 bits per heavy atom. The van der Waals surface area contributed by atoms with Crippen molar-refractivity contribution in [1.82, 2.24) is 10.5 Å². The largest absolute Gasteiger partial charge is 0.303 e. The molecule has 2 aromatic carbocycles.